The number of nitro benzene ring substituents is 1. The summed E-state index contributed by atoms with van der Waals surface area (Å²) in [6.07, 6.45) is 3.58. The van der Waals surface area contributed by atoms with Gasteiger partial charge in [0.25, 0.3) is 5.69 Å². The average molecular weight is 446 g/mol. The van der Waals surface area contributed by atoms with E-state index in [-0.39, 0.29) is 16.5 Å². The molecule has 176 valence electrons. The fourth-order valence-electron chi connectivity index (χ4n) is 5.00. The highest BCUT2D eigenvalue weighted by Crippen LogP contribution is 2.28. The van der Waals surface area contributed by atoms with Crippen molar-refractivity contribution >= 4 is 17.3 Å². The molecule has 0 N–H and O–H groups in total. The van der Waals surface area contributed by atoms with Crippen LogP contribution in [0.5, 0.6) is 0 Å². The zero-order valence-corrected chi connectivity index (χ0v) is 18.9. The summed E-state index contributed by atoms with van der Waals surface area (Å²) in [5.74, 6) is 0.938. The van der Waals surface area contributed by atoms with Gasteiger partial charge in [0.1, 0.15) is 5.69 Å². The summed E-state index contributed by atoms with van der Waals surface area (Å²) in [7, 11) is 0. The van der Waals surface area contributed by atoms with E-state index in [0.717, 1.165) is 51.9 Å². The lowest BCUT2D eigenvalue weighted by molar-refractivity contribution is -0.384. The lowest BCUT2D eigenvalue weighted by Crippen LogP contribution is -2.52. The van der Waals surface area contributed by atoms with E-state index in [0.29, 0.717) is 38.4 Å². The van der Waals surface area contributed by atoms with Crippen LogP contribution in [-0.2, 0) is 9.53 Å². The van der Waals surface area contributed by atoms with E-state index in [1.54, 1.807) is 12.1 Å². The number of piperazine rings is 1. The maximum Gasteiger partial charge on any atom is 0.292 e. The van der Waals surface area contributed by atoms with Crippen molar-refractivity contribution in [2.75, 3.05) is 83.6 Å². The minimum atomic E-state index is -0.336. The molecule has 3 aliphatic heterocycles. The Morgan fingerprint density at radius 2 is 1.66 bits per heavy atom. The molecule has 4 rings (SSSR count). The molecule has 0 spiro atoms. The molecule has 0 bridgehead atoms. The number of likely N-dealkylation sites (tertiary alicyclic amines) is 1. The van der Waals surface area contributed by atoms with E-state index < -0.39 is 0 Å². The Morgan fingerprint density at radius 1 is 0.969 bits per heavy atom. The van der Waals surface area contributed by atoms with Crippen LogP contribution in [0.3, 0.4) is 0 Å². The first kappa shape index (κ1) is 22.9. The number of anilines is 1. The second kappa shape index (κ2) is 11.1. The normalized spacial score (nSPS) is 21.6. The second-order valence-electron chi connectivity index (χ2n) is 9.08. The molecule has 0 saturated carbocycles. The number of morpholine rings is 1. The molecule has 0 atom stereocenters. The number of ether oxygens (including phenoxy) is 1. The van der Waals surface area contributed by atoms with Crippen LogP contribution in [0, 0.1) is 16.0 Å². The van der Waals surface area contributed by atoms with Gasteiger partial charge in [-0.3, -0.25) is 24.7 Å². The topological polar surface area (TPSA) is 82.4 Å². The molecule has 0 radical (unpaired) electrons. The molecule has 0 unspecified atom stereocenters. The Labute approximate surface area is 190 Å². The lowest BCUT2D eigenvalue weighted by atomic mass is 9.93. The van der Waals surface area contributed by atoms with Crippen LogP contribution in [0.25, 0.3) is 0 Å². The third kappa shape index (κ3) is 5.96. The van der Waals surface area contributed by atoms with Gasteiger partial charge in [-0.05, 0) is 50.9 Å². The molecule has 3 saturated heterocycles. The first-order valence-electron chi connectivity index (χ1n) is 11.9. The quantitative estimate of drug-likeness (QED) is 0.466. The van der Waals surface area contributed by atoms with E-state index in [4.69, 9.17) is 4.74 Å². The summed E-state index contributed by atoms with van der Waals surface area (Å²) < 4.78 is 5.42. The summed E-state index contributed by atoms with van der Waals surface area (Å²) in [4.78, 5) is 32.5. The molecule has 32 heavy (non-hydrogen) atoms. The Morgan fingerprint density at radius 3 is 2.34 bits per heavy atom. The van der Waals surface area contributed by atoms with Crippen molar-refractivity contribution in [3.05, 3.63) is 34.4 Å². The fourth-order valence-corrected chi connectivity index (χ4v) is 5.00. The number of amides is 1. The van der Waals surface area contributed by atoms with E-state index in [9.17, 15) is 14.9 Å². The summed E-state index contributed by atoms with van der Waals surface area (Å²) in [5.41, 5.74) is 0.771. The van der Waals surface area contributed by atoms with Gasteiger partial charge in [0.15, 0.2) is 0 Å². The van der Waals surface area contributed by atoms with Gasteiger partial charge in [-0.1, -0.05) is 12.1 Å². The first-order valence-corrected chi connectivity index (χ1v) is 11.9. The highest BCUT2D eigenvalue weighted by molar-refractivity contribution is 5.78. The van der Waals surface area contributed by atoms with Crippen molar-refractivity contribution in [1.82, 2.24) is 14.7 Å². The number of hydrogen-bond donors (Lipinski definition) is 0. The van der Waals surface area contributed by atoms with Crippen molar-refractivity contribution in [2.24, 2.45) is 5.92 Å². The SMILES string of the molecule is O=C(CN1CCC(CCN2CCOCC2)CC1)N1CCN(c2ccccc2[N+](=O)[O-])CC1. The smallest absolute Gasteiger partial charge is 0.292 e. The fraction of sp³-hybridized carbons (Fsp3) is 0.696. The van der Waals surface area contributed by atoms with Crippen molar-refractivity contribution in [2.45, 2.75) is 19.3 Å². The largest absolute Gasteiger partial charge is 0.379 e. The molecular formula is C23H35N5O4. The molecule has 1 aromatic rings. The van der Waals surface area contributed by atoms with Gasteiger partial charge in [-0.25, -0.2) is 0 Å². The molecule has 3 heterocycles. The van der Waals surface area contributed by atoms with Crippen molar-refractivity contribution in [1.29, 1.82) is 0 Å². The van der Waals surface area contributed by atoms with Gasteiger partial charge in [0, 0.05) is 45.3 Å². The summed E-state index contributed by atoms with van der Waals surface area (Å²) in [6.45, 7) is 9.94. The predicted molar refractivity (Wildman–Crippen MR) is 123 cm³/mol. The number of nitrogens with zero attached hydrogens (tertiary/aromatic N) is 5. The Hall–Kier alpha value is -2.23. The van der Waals surface area contributed by atoms with Crippen molar-refractivity contribution < 1.29 is 14.5 Å². The number of carbonyl (C=O) groups is 1. The highest BCUT2D eigenvalue weighted by Gasteiger charge is 2.27. The molecule has 3 fully saturated rings. The number of nitro groups is 1. The first-order chi connectivity index (χ1) is 15.6. The van der Waals surface area contributed by atoms with Crippen LogP contribution in [0.2, 0.25) is 0 Å². The summed E-state index contributed by atoms with van der Waals surface area (Å²) in [5, 5.41) is 11.3. The van der Waals surface area contributed by atoms with E-state index in [1.807, 2.05) is 15.9 Å². The third-order valence-electron chi connectivity index (χ3n) is 7.07. The molecule has 0 aliphatic carbocycles. The van der Waals surface area contributed by atoms with Gasteiger partial charge in [0.05, 0.1) is 24.7 Å². The molecule has 9 heteroatoms. The monoisotopic (exact) mass is 445 g/mol. The number of piperidine rings is 1. The summed E-state index contributed by atoms with van der Waals surface area (Å²) in [6, 6.07) is 6.84. The Kier molecular flexibility index (Phi) is 7.94. The molecule has 9 nitrogen and oxygen atoms in total. The Bertz CT molecular complexity index is 769. The van der Waals surface area contributed by atoms with Gasteiger partial charge in [-0.2, -0.15) is 0 Å². The standard InChI is InChI=1S/C23H35N5O4/c29-23(19-25-9-6-20(7-10-25)5-8-24-15-17-32-18-16-24)27-13-11-26(12-14-27)21-3-1-2-4-22(21)28(30)31/h1-4,20H,5-19H2. The van der Waals surface area contributed by atoms with Crippen LogP contribution in [0.15, 0.2) is 24.3 Å². The number of rotatable bonds is 7. The number of benzene rings is 1. The van der Waals surface area contributed by atoms with Gasteiger partial charge >= 0.3 is 0 Å². The van der Waals surface area contributed by atoms with E-state index in [2.05, 4.69) is 9.80 Å². The van der Waals surface area contributed by atoms with E-state index >= 15 is 0 Å². The van der Waals surface area contributed by atoms with Crippen LogP contribution in [0.4, 0.5) is 11.4 Å². The second-order valence-corrected chi connectivity index (χ2v) is 9.08. The highest BCUT2D eigenvalue weighted by atomic mass is 16.6. The van der Waals surface area contributed by atoms with Crippen molar-refractivity contribution in [3.63, 3.8) is 0 Å². The lowest BCUT2D eigenvalue weighted by Gasteiger charge is -2.38. The summed E-state index contributed by atoms with van der Waals surface area (Å²) >= 11 is 0. The van der Waals surface area contributed by atoms with Gasteiger partial charge < -0.3 is 14.5 Å². The average Bonchev–Trinajstić information content (AvgIpc) is 2.84. The zero-order valence-electron chi connectivity index (χ0n) is 18.9. The maximum absolute atomic E-state index is 12.8. The molecular weight excluding hydrogens is 410 g/mol. The zero-order chi connectivity index (χ0) is 22.3. The molecule has 3 aliphatic rings. The minimum absolute atomic E-state index is 0.128. The van der Waals surface area contributed by atoms with E-state index in [1.165, 1.54) is 25.3 Å². The van der Waals surface area contributed by atoms with Crippen LogP contribution < -0.4 is 4.90 Å². The molecule has 1 aromatic carbocycles. The van der Waals surface area contributed by atoms with Crippen LogP contribution in [0.1, 0.15) is 19.3 Å². The maximum atomic E-state index is 12.8. The van der Waals surface area contributed by atoms with Crippen LogP contribution >= 0.6 is 0 Å². The van der Waals surface area contributed by atoms with Gasteiger partial charge in [0.2, 0.25) is 5.91 Å². The predicted octanol–water partition coefficient (Wildman–Crippen LogP) is 1.68. The van der Waals surface area contributed by atoms with Crippen molar-refractivity contribution in [3.8, 4) is 0 Å². The minimum Gasteiger partial charge on any atom is -0.379 e. The number of para-hydroxylation sites is 2. The molecule has 0 aromatic heterocycles. The Balaban J connectivity index is 1.17. The molecule has 1 amide bonds. The third-order valence-corrected chi connectivity index (χ3v) is 7.07. The van der Waals surface area contributed by atoms with Crippen LogP contribution in [-0.4, -0.2) is 104 Å². The number of hydrogen-bond acceptors (Lipinski definition) is 7. The number of carbonyl (C=O) groups excluding carboxylic acids is 1. The van der Waals surface area contributed by atoms with Gasteiger partial charge in [-0.15, -0.1) is 0 Å².